The predicted molar refractivity (Wildman–Crippen MR) is 108 cm³/mol. The van der Waals surface area contributed by atoms with Crippen molar-refractivity contribution >= 4 is 23.3 Å². The highest BCUT2D eigenvalue weighted by molar-refractivity contribution is 7.10. The maximum absolute atomic E-state index is 13.3. The normalized spacial score (nSPS) is 22.7. The smallest absolute Gasteiger partial charge is 0.318 e. The lowest BCUT2D eigenvalue weighted by molar-refractivity contribution is -0.145. The first kappa shape index (κ1) is 20.2. The minimum absolute atomic E-state index is 0.0125. The molecule has 1 saturated carbocycles. The second-order valence-electron chi connectivity index (χ2n) is 7.83. The van der Waals surface area contributed by atoms with E-state index in [1.54, 1.807) is 11.3 Å². The van der Waals surface area contributed by atoms with Gasteiger partial charge in [-0.15, -0.1) is 11.3 Å². The number of likely N-dealkylation sites (tertiary alicyclic amines) is 1. The second kappa shape index (κ2) is 9.58. The van der Waals surface area contributed by atoms with Crippen LogP contribution >= 0.6 is 11.3 Å². The molecule has 0 aromatic carbocycles. The molecule has 1 aliphatic carbocycles. The zero-order valence-electron chi connectivity index (χ0n) is 16.4. The molecule has 2 fully saturated rings. The SMILES string of the molecule is CCOC(=O)CC1(NC(=O)N2CCCCC[C@@H]2c2cccs2)CCCCC1. The minimum atomic E-state index is -0.451. The largest absolute Gasteiger partial charge is 0.466 e. The van der Waals surface area contributed by atoms with Gasteiger partial charge in [0.1, 0.15) is 0 Å². The first-order valence-electron chi connectivity index (χ1n) is 10.4. The fourth-order valence-electron chi connectivity index (χ4n) is 4.49. The highest BCUT2D eigenvalue weighted by Crippen LogP contribution is 2.35. The molecule has 0 bridgehead atoms. The van der Waals surface area contributed by atoms with E-state index < -0.39 is 5.54 Å². The van der Waals surface area contributed by atoms with Crippen molar-refractivity contribution in [3.05, 3.63) is 22.4 Å². The molecular weight excluding hydrogens is 360 g/mol. The van der Waals surface area contributed by atoms with Crippen LogP contribution in [-0.2, 0) is 9.53 Å². The Hall–Kier alpha value is -1.56. The highest BCUT2D eigenvalue weighted by atomic mass is 32.1. The summed E-state index contributed by atoms with van der Waals surface area (Å²) >= 11 is 1.73. The van der Waals surface area contributed by atoms with Crippen molar-refractivity contribution in [1.29, 1.82) is 0 Å². The number of carbonyl (C=O) groups excluding carboxylic acids is 2. The molecule has 2 amide bonds. The number of esters is 1. The van der Waals surface area contributed by atoms with E-state index in [4.69, 9.17) is 4.74 Å². The van der Waals surface area contributed by atoms with E-state index in [1.807, 2.05) is 11.8 Å². The molecule has 1 aliphatic heterocycles. The van der Waals surface area contributed by atoms with Crippen LogP contribution in [0.4, 0.5) is 4.79 Å². The number of hydrogen-bond donors (Lipinski definition) is 1. The van der Waals surface area contributed by atoms with E-state index in [0.29, 0.717) is 6.61 Å². The van der Waals surface area contributed by atoms with Crippen molar-refractivity contribution in [3.8, 4) is 0 Å². The molecule has 2 aliphatic rings. The third-order valence-electron chi connectivity index (χ3n) is 5.86. The van der Waals surface area contributed by atoms with Gasteiger partial charge in [-0.05, 0) is 44.1 Å². The summed E-state index contributed by atoms with van der Waals surface area (Å²) in [4.78, 5) is 28.8. The maximum Gasteiger partial charge on any atom is 0.318 e. The fraction of sp³-hybridized carbons (Fsp3) is 0.714. The molecule has 150 valence electrons. The molecular formula is C21H32N2O3S. The lowest BCUT2D eigenvalue weighted by Gasteiger charge is -2.40. The van der Waals surface area contributed by atoms with Crippen molar-refractivity contribution in [3.63, 3.8) is 0 Å². The molecule has 0 radical (unpaired) electrons. The Labute approximate surface area is 166 Å². The van der Waals surface area contributed by atoms with Crippen molar-refractivity contribution < 1.29 is 14.3 Å². The van der Waals surface area contributed by atoms with E-state index in [0.717, 1.165) is 51.5 Å². The van der Waals surface area contributed by atoms with Crippen molar-refractivity contribution in [1.82, 2.24) is 10.2 Å². The Balaban J connectivity index is 1.75. The summed E-state index contributed by atoms with van der Waals surface area (Å²) in [6.45, 7) is 2.99. The molecule has 0 spiro atoms. The van der Waals surface area contributed by atoms with Crippen molar-refractivity contribution in [2.75, 3.05) is 13.2 Å². The highest BCUT2D eigenvalue weighted by Gasteiger charge is 2.39. The Morgan fingerprint density at radius 3 is 2.70 bits per heavy atom. The van der Waals surface area contributed by atoms with Crippen LogP contribution in [0.25, 0.3) is 0 Å². The van der Waals surface area contributed by atoms with Gasteiger partial charge in [0, 0.05) is 11.4 Å². The van der Waals surface area contributed by atoms with Gasteiger partial charge in [0.25, 0.3) is 0 Å². The van der Waals surface area contributed by atoms with Gasteiger partial charge in [0.15, 0.2) is 0 Å². The molecule has 27 heavy (non-hydrogen) atoms. The Morgan fingerprint density at radius 2 is 2.00 bits per heavy atom. The minimum Gasteiger partial charge on any atom is -0.466 e. The van der Waals surface area contributed by atoms with Crippen LogP contribution in [0.2, 0.25) is 0 Å². The summed E-state index contributed by atoms with van der Waals surface area (Å²) in [7, 11) is 0. The monoisotopic (exact) mass is 392 g/mol. The van der Waals surface area contributed by atoms with Crippen molar-refractivity contribution in [2.24, 2.45) is 0 Å². The van der Waals surface area contributed by atoms with Gasteiger partial charge in [-0.1, -0.05) is 38.2 Å². The number of ether oxygens (including phenoxy) is 1. The van der Waals surface area contributed by atoms with Gasteiger partial charge in [0.05, 0.1) is 24.6 Å². The first-order chi connectivity index (χ1) is 13.1. The summed E-state index contributed by atoms with van der Waals surface area (Å²) in [5.41, 5.74) is -0.451. The Morgan fingerprint density at radius 1 is 1.22 bits per heavy atom. The Bertz CT molecular complexity index is 611. The molecule has 2 heterocycles. The molecule has 1 aromatic rings. The van der Waals surface area contributed by atoms with Crippen LogP contribution in [0.15, 0.2) is 17.5 Å². The number of rotatable bonds is 5. The third-order valence-corrected chi connectivity index (χ3v) is 6.83. The lowest BCUT2D eigenvalue weighted by atomic mass is 9.79. The molecule has 1 saturated heterocycles. The summed E-state index contributed by atoms with van der Waals surface area (Å²) in [5, 5.41) is 5.38. The van der Waals surface area contributed by atoms with E-state index in [1.165, 1.54) is 17.7 Å². The summed E-state index contributed by atoms with van der Waals surface area (Å²) < 4.78 is 5.19. The molecule has 0 unspecified atom stereocenters. The molecule has 1 atom stereocenters. The van der Waals surface area contributed by atoms with Gasteiger partial charge in [-0.2, -0.15) is 0 Å². The molecule has 1 aromatic heterocycles. The number of hydrogen-bond acceptors (Lipinski definition) is 4. The number of thiophene rings is 1. The number of nitrogens with zero attached hydrogens (tertiary/aromatic N) is 1. The molecule has 5 nitrogen and oxygen atoms in total. The average molecular weight is 393 g/mol. The summed E-state index contributed by atoms with van der Waals surface area (Å²) in [5.74, 6) is -0.203. The number of nitrogens with one attached hydrogen (secondary N) is 1. The van der Waals surface area contributed by atoms with Crippen LogP contribution < -0.4 is 5.32 Å². The number of carbonyl (C=O) groups is 2. The Kier molecular flexibility index (Phi) is 7.16. The maximum atomic E-state index is 13.3. The zero-order valence-corrected chi connectivity index (χ0v) is 17.2. The average Bonchev–Trinajstić information content (AvgIpc) is 3.06. The molecule has 6 heteroatoms. The van der Waals surface area contributed by atoms with E-state index in [2.05, 4.69) is 22.8 Å². The van der Waals surface area contributed by atoms with Crippen LogP contribution in [0.5, 0.6) is 0 Å². The summed E-state index contributed by atoms with van der Waals surface area (Å²) in [6.07, 6.45) is 9.64. The van der Waals surface area contributed by atoms with Gasteiger partial charge >= 0.3 is 12.0 Å². The third kappa shape index (κ3) is 5.24. The zero-order chi connectivity index (χ0) is 19.1. The van der Waals surface area contributed by atoms with Gasteiger partial charge < -0.3 is 15.0 Å². The van der Waals surface area contributed by atoms with Crippen LogP contribution in [0.3, 0.4) is 0 Å². The van der Waals surface area contributed by atoms with Crippen LogP contribution in [0.1, 0.15) is 82.1 Å². The van der Waals surface area contributed by atoms with E-state index in [9.17, 15) is 9.59 Å². The molecule has 3 rings (SSSR count). The topological polar surface area (TPSA) is 58.6 Å². The first-order valence-corrected chi connectivity index (χ1v) is 11.3. The standard InChI is InChI=1S/C21H32N2O3S/c1-2-26-19(24)16-21(12-6-4-7-13-21)22-20(25)23-14-8-3-5-10-17(23)18-11-9-15-27-18/h9,11,15,17H,2-8,10,12-14,16H2,1H3,(H,22,25)/t17-/m1/s1. The van der Waals surface area contributed by atoms with E-state index in [-0.39, 0.29) is 24.5 Å². The molecule has 1 N–H and O–H groups in total. The number of urea groups is 1. The second-order valence-corrected chi connectivity index (χ2v) is 8.81. The fourth-order valence-corrected chi connectivity index (χ4v) is 5.36. The van der Waals surface area contributed by atoms with Crippen LogP contribution in [-0.4, -0.2) is 35.6 Å². The quantitative estimate of drug-likeness (QED) is 0.715. The number of amides is 2. The predicted octanol–water partition coefficient (Wildman–Crippen LogP) is 5.03. The lowest BCUT2D eigenvalue weighted by Crippen LogP contribution is -2.55. The van der Waals surface area contributed by atoms with Gasteiger partial charge in [-0.3, -0.25) is 4.79 Å². The van der Waals surface area contributed by atoms with Gasteiger partial charge in [0.2, 0.25) is 0 Å². The van der Waals surface area contributed by atoms with Crippen molar-refractivity contribution in [2.45, 2.75) is 82.7 Å². The van der Waals surface area contributed by atoms with Gasteiger partial charge in [-0.25, -0.2) is 4.79 Å². The summed E-state index contributed by atoms with van der Waals surface area (Å²) in [6, 6.07) is 4.33. The van der Waals surface area contributed by atoms with Crippen LogP contribution in [0, 0.1) is 0 Å². The van der Waals surface area contributed by atoms with E-state index >= 15 is 0 Å².